The summed E-state index contributed by atoms with van der Waals surface area (Å²) in [6, 6.07) is 9.68. The molecule has 0 unspecified atom stereocenters. The number of nitrogen functional groups attached to an aromatic ring is 2. The van der Waals surface area contributed by atoms with Crippen LogP contribution in [0, 0.1) is 0 Å². The van der Waals surface area contributed by atoms with Gasteiger partial charge in [0.05, 0.1) is 7.11 Å². The summed E-state index contributed by atoms with van der Waals surface area (Å²) in [7, 11) is 1.66. The normalized spacial score (nSPS) is 9.17. The Kier molecular flexibility index (Phi) is 4.50. The average molecular weight is 251 g/mol. The molecule has 0 fully saturated rings. The van der Waals surface area contributed by atoms with E-state index in [1.54, 1.807) is 7.11 Å². The molecule has 2 rings (SSSR count). The number of benzene rings is 1. The topological polar surface area (TPSA) is 129 Å². The van der Waals surface area contributed by atoms with Crippen LogP contribution in [0.1, 0.15) is 0 Å². The number of hydrogen-bond donors (Lipinski definition) is 3. The minimum Gasteiger partial charge on any atom is -0.497 e. The van der Waals surface area contributed by atoms with Gasteiger partial charge in [-0.25, -0.2) is 4.79 Å². The van der Waals surface area contributed by atoms with Crippen molar-refractivity contribution in [1.29, 1.82) is 0 Å². The molecule has 5 N–H and O–H groups in total. The summed E-state index contributed by atoms with van der Waals surface area (Å²) < 4.78 is 5.41. The summed E-state index contributed by atoms with van der Waals surface area (Å²) in [4.78, 5) is 13.5. The zero-order chi connectivity index (χ0) is 13.5. The number of carboxylic acid groups (broad SMARTS) is 1. The van der Waals surface area contributed by atoms with Crippen LogP contribution >= 0.6 is 0 Å². The number of hydrogen-bond acceptors (Lipinski definition) is 6. The molecule has 0 bridgehead atoms. The number of aromatic nitrogens is 3. The van der Waals surface area contributed by atoms with Crippen LogP contribution in [0.3, 0.4) is 0 Å². The Morgan fingerprint density at radius 2 is 1.94 bits per heavy atom. The van der Waals surface area contributed by atoms with Crippen LogP contribution in [0.15, 0.2) is 30.3 Å². The molecule has 1 aromatic carbocycles. The fraction of sp³-hybridized carbons (Fsp3) is 0.100. The smallest absolute Gasteiger partial charge is 0.435 e. The maximum atomic E-state index is 10.2. The van der Waals surface area contributed by atoms with Gasteiger partial charge in [-0.05, 0) is 12.1 Å². The summed E-state index contributed by atoms with van der Waals surface area (Å²) in [5.74, 6) is 0.525. The highest BCUT2D eigenvalue weighted by Crippen LogP contribution is 2.05. The minimum atomic E-state index is -1.30. The largest absolute Gasteiger partial charge is 0.497 e. The van der Waals surface area contributed by atoms with Crippen molar-refractivity contribution in [1.82, 2.24) is 14.8 Å². The lowest BCUT2D eigenvalue weighted by Gasteiger charge is -1.93. The quantitative estimate of drug-likeness (QED) is 0.678. The first-order chi connectivity index (χ1) is 8.54. The Balaban J connectivity index is 0.000000184. The first-order valence-electron chi connectivity index (χ1n) is 4.85. The van der Waals surface area contributed by atoms with Crippen LogP contribution < -0.4 is 16.2 Å². The molecule has 8 heteroatoms. The van der Waals surface area contributed by atoms with E-state index < -0.39 is 6.09 Å². The van der Waals surface area contributed by atoms with Gasteiger partial charge < -0.3 is 21.3 Å². The van der Waals surface area contributed by atoms with Gasteiger partial charge in [0.2, 0.25) is 11.9 Å². The second-order valence-corrected chi connectivity index (χ2v) is 3.04. The SMILES string of the molecule is COc1ccccc1.Nc1nc(N)n(C(=O)O)n1. The zero-order valence-electron chi connectivity index (χ0n) is 9.65. The number of methoxy groups -OCH3 is 1. The molecule has 2 aromatic rings. The van der Waals surface area contributed by atoms with Crippen molar-refractivity contribution in [3.05, 3.63) is 30.3 Å². The Bertz CT molecular complexity index is 511. The van der Waals surface area contributed by atoms with E-state index in [9.17, 15) is 4.79 Å². The first kappa shape index (κ1) is 13.3. The molecule has 0 saturated heterocycles. The van der Waals surface area contributed by atoms with Gasteiger partial charge in [-0.2, -0.15) is 4.98 Å². The third kappa shape index (κ3) is 3.67. The van der Waals surface area contributed by atoms with Crippen LogP contribution in [0.5, 0.6) is 5.75 Å². The summed E-state index contributed by atoms with van der Waals surface area (Å²) in [6.45, 7) is 0. The zero-order valence-corrected chi connectivity index (χ0v) is 9.65. The minimum absolute atomic E-state index is 0.153. The molecule has 1 heterocycles. The summed E-state index contributed by atoms with van der Waals surface area (Å²) in [5, 5.41) is 11.6. The maximum absolute atomic E-state index is 10.2. The van der Waals surface area contributed by atoms with Crippen molar-refractivity contribution >= 4 is 18.0 Å². The predicted molar refractivity (Wildman–Crippen MR) is 65.3 cm³/mol. The van der Waals surface area contributed by atoms with Gasteiger partial charge >= 0.3 is 6.09 Å². The molecular weight excluding hydrogens is 238 g/mol. The fourth-order valence-electron chi connectivity index (χ4n) is 1.04. The number of para-hydroxylation sites is 1. The Hall–Kier alpha value is -2.77. The third-order valence-electron chi connectivity index (χ3n) is 1.81. The number of rotatable bonds is 1. The molecule has 0 spiro atoms. The van der Waals surface area contributed by atoms with E-state index in [0.717, 1.165) is 5.75 Å². The number of anilines is 2. The van der Waals surface area contributed by atoms with Crippen molar-refractivity contribution in [2.75, 3.05) is 18.6 Å². The lowest BCUT2D eigenvalue weighted by Crippen LogP contribution is -2.12. The van der Waals surface area contributed by atoms with E-state index in [1.165, 1.54) is 0 Å². The maximum Gasteiger partial charge on any atom is 0.435 e. The van der Waals surface area contributed by atoms with Crippen molar-refractivity contribution in [3.8, 4) is 5.75 Å². The summed E-state index contributed by atoms with van der Waals surface area (Å²) >= 11 is 0. The lowest BCUT2D eigenvalue weighted by molar-refractivity contribution is 0.193. The van der Waals surface area contributed by atoms with Gasteiger partial charge in [0.25, 0.3) is 0 Å². The number of nitrogens with two attached hydrogens (primary N) is 2. The second kappa shape index (κ2) is 6.09. The molecule has 18 heavy (non-hydrogen) atoms. The molecule has 0 aliphatic carbocycles. The Labute approximate surface area is 103 Å². The summed E-state index contributed by atoms with van der Waals surface area (Å²) in [6.07, 6.45) is -1.30. The highest BCUT2D eigenvalue weighted by atomic mass is 16.5. The average Bonchev–Trinajstić information content (AvgIpc) is 2.70. The van der Waals surface area contributed by atoms with Gasteiger partial charge in [-0.15, -0.1) is 9.78 Å². The van der Waals surface area contributed by atoms with E-state index in [4.69, 9.17) is 21.3 Å². The van der Waals surface area contributed by atoms with Crippen LogP contribution in [0.2, 0.25) is 0 Å². The third-order valence-corrected chi connectivity index (χ3v) is 1.81. The molecule has 0 radical (unpaired) electrons. The Morgan fingerprint density at radius 3 is 2.22 bits per heavy atom. The van der Waals surface area contributed by atoms with E-state index in [2.05, 4.69) is 10.1 Å². The van der Waals surface area contributed by atoms with E-state index in [-0.39, 0.29) is 11.9 Å². The van der Waals surface area contributed by atoms with Crippen molar-refractivity contribution in [2.24, 2.45) is 0 Å². The first-order valence-corrected chi connectivity index (χ1v) is 4.85. The van der Waals surface area contributed by atoms with Gasteiger partial charge in [0.15, 0.2) is 0 Å². The van der Waals surface area contributed by atoms with E-state index in [0.29, 0.717) is 4.68 Å². The molecule has 0 aliphatic heterocycles. The van der Waals surface area contributed by atoms with Crippen LogP contribution in [0.4, 0.5) is 16.7 Å². The van der Waals surface area contributed by atoms with Gasteiger partial charge in [0.1, 0.15) is 5.75 Å². The lowest BCUT2D eigenvalue weighted by atomic mass is 10.3. The van der Waals surface area contributed by atoms with Crippen LogP contribution in [0.25, 0.3) is 0 Å². The number of carbonyl (C=O) groups is 1. The summed E-state index contributed by atoms with van der Waals surface area (Å²) in [5.41, 5.74) is 10.1. The van der Waals surface area contributed by atoms with E-state index >= 15 is 0 Å². The molecule has 0 atom stereocenters. The molecule has 8 nitrogen and oxygen atoms in total. The highest BCUT2D eigenvalue weighted by molar-refractivity contribution is 5.70. The van der Waals surface area contributed by atoms with Crippen molar-refractivity contribution < 1.29 is 14.6 Å². The van der Waals surface area contributed by atoms with E-state index in [1.807, 2.05) is 30.3 Å². The van der Waals surface area contributed by atoms with Gasteiger partial charge in [-0.1, -0.05) is 18.2 Å². The predicted octanol–water partition coefficient (Wildman–Crippen LogP) is 0.664. The second-order valence-electron chi connectivity index (χ2n) is 3.04. The Morgan fingerprint density at radius 1 is 1.33 bits per heavy atom. The van der Waals surface area contributed by atoms with Gasteiger partial charge in [0, 0.05) is 0 Å². The molecule has 96 valence electrons. The standard InChI is InChI=1S/C7H8O.C3H5N5O2/c1-8-7-5-3-2-4-6-7;4-1-6-2(5)8(7-1)3(9)10/h2-6H,1H3;(H,9,10)(H4,4,5,6,7). The molecule has 0 saturated carbocycles. The van der Waals surface area contributed by atoms with Crippen molar-refractivity contribution in [3.63, 3.8) is 0 Å². The fourth-order valence-corrected chi connectivity index (χ4v) is 1.04. The molecule has 0 amide bonds. The van der Waals surface area contributed by atoms with Crippen LogP contribution in [-0.2, 0) is 0 Å². The van der Waals surface area contributed by atoms with Crippen molar-refractivity contribution in [2.45, 2.75) is 0 Å². The van der Waals surface area contributed by atoms with Crippen LogP contribution in [-0.4, -0.2) is 33.1 Å². The molecule has 1 aromatic heterocycles. The number of ether oxygens (including phenoxy) is 1. The van der Waals surface area contributed by atoms with Gasteiger partial charge in [-0.3, -0.25) is 0 Å². The highest BCUT2D eigenvalue weighted by Gasteiger charge is 2.08. The monoisotopic (exact) mass is 251 g/mol. The molecule has 0 aliphatic rings. The molecular formula is C10H13N5O3. The number of nitrogens with zero attached hydrogens (tertiary/aromatic N) is 3.